The van der Waals surface area contributed by atoms with Gasteiger partial charge < -0.3 is 18.9 Å². The average Bonchev–Trinajstić information content (AvgIpc) is 3.11. The van der Waals surface area contributed by atoms with Crippen molar-refractivity contribution in [2.75, 3.05) is 44.8 Å². The van der Waals surface area contributed by atoms with Gasteiger partial charge in [-0.05, 0) is 54.1 Å². The minimum atomic E-state index is 0.433. The van der Waals surface area contributed by atoms with Gasteiger partial charge in [0.2, 0.25) is 0 Å². The predicted octanol–water partition coefficient (Wildman–Crippen LogP) is 3.35. The smallest absolute Gasteiger partial charge is 0.0642 e. The van der Waals surface area contributed by atoms with Gasteiger partial charge in [0.1, 0.15) is 0 Å². The number of pyridine rings is 1. The van der Waals surface area contributed by atoms with Crippen LogP contribution in [0.25, 0.3) is 5.52 Å². The van der Waals surface area contributed by atoms with Crippen molar-refractivity contribution in [1.82, 2.24) is 9.30 Å². The summed E-state index contributed by atoms with van der Waals surface area (Å²) in [5, 5.41) is 0. The second-order valence-corrected chi connectivity index (χ2v) is 7.54. The average molecular weight is 347 g/mol. The number of morpholine rings is 1. The third-order valence-electron chi connectivity index (χ3n) is 5.74. The minimum Gasteiger partial charge on any atom is -0.378 e. The summed E-state index contributed by atoms with van der Waals surface area (Å²) in [7, 11) is 2.23. The van der Waals surface area contributed by atoms with Crippen LogP contribution in [-0.4, -0.2) is 49.2 Å². The van der Waals surface area contributed by atoms with Gasteiger partial charge in [0.25, 0.3) is 0 Å². The molecule has 1 aromatic carbocycles. The zero-order valence-electron chi connectivity index (χ0n) is 15.3. The van der Waals surface area contributed by atoms with Gasteiger partial charge in [0, 0.05) is 55.7 Å². The third kappa shape index (κ3) is 2.79. The summed E-state index contributed by atoms with van der Waals surface area (Å²) in [4.78, 5) is 4.89. The maximum Gasteiger partial charge on any atom is 0.0642 e. The van der Waals surface area contributed by atoms with E-state index in [4.69, 9.17) is 4.74 Å². The van der Waals surface area contributed by atoms with E-state index in [1.54, 1.807) is 0 Å². The van der Waals surface area contributed by atoms with Crippen molar-refractivity contribution in [3.8, 4) is 0 Å². The number of hydrogen-bond acceptors (Lipinski definition) is 3. The summed E-state index contributed by atoms with van der Waals surface area (Å²) >= 11 is 0. The molecule has 134 valence electrons. The van der Waals surface area contributed by atoms with E-state index >= 15 is 0 Å². The van der Waals surface area contributed by atoms with Gasteiger partial charge in [-0.1, -0.05) is 12.1 Å². The lowest BCUT2D eigenvalue weighted by Crippen LogP contribution is -2.36. The summed E-state index contributed by atoms with van der Waals surface area (Å²) in [6, 6.07) is 15.8. The van der Waals surface area contributed by atoms with E-state index in [9.17, 15) is 0 Å². The van der Waals surface area contributed by atoms with Crippen LogP contribution >= 0.6 is 0 Å². The van der Waals surface area contributed by atoms with Crippen LogP contribution in [0.5, 0.6) is 0 Å². The molecular formula is C22H25N3O. The second kappa shape index (κ2) is 6.45. The molecule has 1 unspecified atom stereocenters. The standard InChI is InChI=1S/C22H25N3O/c1-23-14-17-12-20(24-8-10-26-11-9-24)5-6-21(17)22(16-23)18-13-19-4-2-3-7-25(19)15-18/h2-7,12-13,15,22H,8-11,14,16H2,1H3. The molecule has 4 heterocycles. The monoisotopic (exact) mass is 347 g/mol. The summed E-state index contributed by atoms with van der Waals surface area (Å²) in [5.41, 5.74) is 6.95. The van der Waals surface area contributed by atoms with Crippen LogP contribution in [0.1, 0.15) is 22.6 Å². The molecule has 1 saturated heterocycles. The number of fused-ring (bicyclic) bond motifs is 2. The minimum absolute atomic E-state index is 0.433. The fourth-order valence-electron chi connectivity index (χ4n) is 4.41. The van der Waals surface area contributed by atoms with Crippen molar-refractivity contribution >= 4 is 11.2 Å². The molecule has 4 heteroatoms. The Hall–Kier alpha value is -2.30. The van der Waals surface area contributed by atoms with Gasteiger partial charge in [-0.2, -0.15) is 0 Å². The number of benzene rings is 1. The van der Waals surface area contributed by atoms with Crippen molar-refractivity contribution in [2.24, 2.45) is 0 Å². The molecule has 2 aliphatic rings. The highest BCUT2D eigenvalue weighted by Gasteiger charge is 2.26. The maximum absolute atomic E-state index is 5.50. The van der Waals surface area contributed by atoms with Gasteiger partial charge in [0.15, 0.2) is 0 Å². The van der Waals surface area contributed by atoms with Crippen LogP contribution in [0.3, 0.4) is 0 Å². The summed E-state index contributed by atoms with van der Waals surface area (Å²) in [6.45, 7) is 5.73. The molecule has 1 atom stereocenters. The highest BCUT2D eigenvalue weighted by atomic mass is 16.5. The Labute approximate surface area is 154 Å². The highest BCUT2D eigenvalue weighted by Crippen LogP contribution is 2.36. The van der Waals surface area contributed by atoms with Gasteiger partial charge in [0.05, 0.1) is 13.2 Å². The molecule has 5 rings (SSSR count). The topological polar surface area (TPSA) is 20.1 Å². The quantitative estimate of drug-likeness (QED) is 0.709. The first-order valence-corrected chi connectivity index (χ1v) is 9.48. The Morgan fingerprint density at radius 1 is 1.04 bits per heavy atom. The summed E-state index contributed by atoms with van der Waals surface area (Å²) in [5.74, 6) is 0.433. The van der Waals surface area contributed by atoms with E-state index in [1.165, 1.54) is 27.9 Å². The van der Waals surface area contributed by atoms with Crippen molar-refractivity contribution in [3.63, 3.8) is 0 Å². The lowest BCUT2D eigenvalue weighted by atomic mass is 9.85. The molecule has 2 aromatic heterocycles. The molecule has 0 bridgehead atoms. The SMILES string of the molecule is CN1Cc2cc(N3CCOCC3)ccc2C(c2cc3ccccn3c2)C1. The van der Waals surface area contributed by atoms with Gasteiger partial charge >= 0.3 is 0 Å². The molecule has 3 aromatic rings. The molecular weight excluding hydrogens is 322 g/mol. The Kier molecular flexibility index (Phi) is 3.95. The first kappa shape index (κ1) is 15.9. The van der Waals surface area contributed by atoms with E-state index < -0.39 is 0 Å². The van der Waals surface area contributed by atoms with Gasteiger partial charge in [-0.15, -0.1) is 0 Å². The van der Waals surface area contributed by atoms with Crippen molar-refractivity contribution in [1.29, 1.82) is 0 Å². The molecule has 0 spiro atoms. The van der Waals surface area contributed by atoms with E-state index in [0.29, 0.717) is 5.92 Å². The Bertz CT molecular complexity index is 893. The summed E-state index contributed by atoms with van der Waals surface area (Å²) < 4.78 is 7.73. The Balaban J connectivity index is 1.53. The van der Waals surface area contributed by atoms with E-state index in [0.717, 1.165) is 39.4 Å². The predicted molar refractivity (Wildman–Crippen MR) is 105 cm³/mol. The number of anilines is 1. The van der Waals surface area contributed by atoms with Crippen LogP contribution in [0.2, 0.25) is 0 Å². The van der Waals surface area contributed by atoms with Crippen molar-refractivity contribution < 1.29 is 4.74 Å². The lowest BCUT2D eigenvalue weighted by molar-refractivity contribution is 0.122. The number of ether oxygens (including phenoxy) is 1. The van der Waals surface area contributed by atoms with Crippen LogP contribution in [-0.2, 0) is 11.3 Å². The number of rotatable bonds is 2. The number of nitrogens with zero attached hydrogens (tertiary/aromatic N) is 3. The molecule has 4 nitrogen and oxygen atoms in total. The van der Waals surface area contributed by atoms with E-state index in [1.807, 2.05) is 0 Å². The molecule has 0 aliphatic carbocycles. The van der Waals surface area contributed by atoms with Crippen molar-refractivity contribution in [3.05, 3.63) is 71.5 Å². The largest absolute Gasteiger partial charge is 0.378 e. The van der Waals surface area contributed by atoms with Crippen LogP contribution < -0.4 is 4.90 Å². The van der Waals surface area contributed by atoms with Crippen LogP contribution in [0, 0.1) is 0 Å². The highest BCUT2D eigenvalue weighted by molar-refractivity contribution is 5.57. The third-order valence-corrected chi connectivity index (χ3v) is 5.74. The van der Waals surface area contributed by atoms with Gasteiger partial charge in [-0.3, -0.25) is 0 Å². The van der Waals surface area contributed by atoms with E-state index in [-0.39, 0.29) is 0 Å². The summed E-state index contributed by atoms with van der Waals surface area (Å²) in [6.07, 6.45) is 4.42. The molecule has 0 amide bonds. The molecule has 26 heavy (non-hydrogen) atoms. The molecule has 0 radical (unpaired) electrons. The van der Waals surface area contributed by atoms with E-state index in [2.05, 4.69) is 76.1 Å². The number of hydrogen-bond donors (Lipinski definition) is 0. The van der Waals surface area contributed by atoms with Crippen molar-refractivity contribution in [2.45, 2.75) is 12.5 Å². The first-order valence-electron chi connectivity index (χ1n) is 9.48. The Morgan fingerprint density at radius 2 is 1.92 bits per heavy atom. The Morgan fingerprint density at radius 3 is 2.77 bits per heavy atom. The lowest BCUT2D eigenvalue weighted by Gasteiger charge is -2.34. The first-order chi connectivity index (χ1) is 12.8. The van der Waals surface area contributed by atoms with Gasteiger partial charge in [-0.25, -0.2) is 0 Å². The number of likely N-dealkylation sites (N-methyl/N-ethyl adjacent to an activating group) is 1. The maximum atomic E-state index is 5.50. The zero-order valence-corrected chi connectivity index (χ0v) is 15.3. The molecule has 2 aliphatic heterocycles. The second-order valence-electron chi connectivity index (χ2n) is 7.54. The fourth-order valence-corrected chi connectivity index (χ4v) is 4.41. The normalized spacial score (nSPS) is 21.1. The number of aromatic nitrogens is 1. The van der Waals surface area contributed by atoms with Crippen LogP contribution in [0.4, 0.5) is 5.69 Å². The molecule has 0 N–H and O–H groups in total. The zero-order chi connectivity index (χ0) is 17.5. The fraction of sp³-hybridized carbons (Fsp3) is 0.364. The molecule has 1 fully saturated rings. The van der Waals surface area contributed by atoms with Crippen LogP contribution in [0.15, 0.2) is 54.9 Å². The molecule has 0 saturated carbocycles.